The third kappa shape index (κ3) is 5.68. The van der Waals surface area contributed by atoms with Crippen molar-refractivity contribution in [1.29, 1.82) is 0 Å². The summed E-state index contributed by atoms with van der Waals surface area (Å²) in [5, 5.41) is 3.57. The van der Waals surface area contributed by atoms with E-state index in [0.717, 1.165) is 6.61 Å². The summed E-state index contributed by atoms with van der Waals surface area (Å²) in [5.74, 6) is 0. The van der Waals surface area contributed by atoms with Crippen molar-refractivity contribution in [2.45, 2.75) is 57.5 Å². The quantitative estimate of drug-likeness (QED) is 0.673. The molecule has 2 aliphatic rings. The molecular weight excluding hydrogens is 224 g/mol. The Bertz CT molecular complexity index is 199. The van der Waals surface area contributed by atoms with Gasteiger partial charge in [-0.3, -0.25) is 0 Å². The van der Waals surface area contributed by atoms with Crippen LogP contribution in [0.15, 0.2) is 0 Å². The number of rotatable bonds is 8. The van der Waals surface area contributed by atoms with Crippen molar-refractivity contribution in [3.05, 3.63) is 0 Å². The van der Waals surface area contributed by atoms with Gasteiger partial charge in [0.25, 0.3) is 0 Å². The fourth-order valence-electron chi connectivity index (χ4n) is 3.05. The van der Waals surface area contributed by atoms with Crippen molar-refractivity contribution in [2.75, 3.05) is 39.3 Å². The minimum Gasteiger partial charge on any atom is -0.378 e. The summed E-state index contributed by atoms with van der Waals surface area (Å²) >= 11 is 0. The van der Waals surface area contributed by atoms with Gasteiger partial charge < -0.3 is 15.0 Å². The van der Waals surface area contributed by atoms with E-state index in [-0.39, 0.29) is 0 Å². The fraction of sp³-hybridized carbons (Fsp3) is 1.00. The van der Waals surface area contributed by atoms with Gasteiger partial charge in [0, 0.05) is 6.61 Å². The lowest BCUT2D eigenvalue weighted by atomic mass is 10.0. The van der Waals surface area contributed by atoms with E-state index in [1.807, 2.05) is 0 Å². The van der Waals surface area contributed by atoms with E-state index >= 15 is 0 Å². The summed E-state index contributed by atoms with van der Waals surface area (Å²) in [6.45, 7) is 7.30. The summed E-state index contributed by atoms with van der Waals surface area (Å²) in [6, 6.07) is 0. The monoisotopic (exact) mass is 254 g/mol. The molecule has 0 aromatic carbocycles. The Morgan fingerprint density at radius 3 is 2.61 bits per heavy atom. The third-order valence-electron chi connectivity index (χ3n) is 4.18. The van der Waals surface area contributed by atoms with Gasteiger partial charge in [-0.15, -0.1) is 0 Å². The Labute approximate surface area is 112 Å². The highest BCUT2D eigenvalue weighted by molar-refractivity contribution is 4.67. The average molecular weight is 254 g/mol. The number of ether oxygens (including phenoxy) is 1. The highest BCUT2D eigenvalue weighted by Gasteiger charge is 2.13. The van der Waals surface area contributed by atoms with Crippen LogP contribution in [0.3, 0.4) is 0 Å². The van der Waals surface area contributed by atoms with Crippen molar-refractivity contribution in [3.63, 3.8) is 0 Å². The molecule has 2 aliphatic heterocycles. The highest BCUT2D eigenvalue weighted by atomic mass is 16.5. The van der Waals surface area contributed by atoms with Gasteiger partial charge >= 0.3 is 0 Å². The lowest BCUT2D eigenvalue weighted by Crippen LogP contribution is -2.26. The van der Waals surface area contributed by atoms with Crippen LogP contribution in [0.5, 0.6) is 0 Å². The van der Waals surface area contributed by atoms with Gasteiger partial charge in [0.15, 0.2) is 0 Å². The largest absolute Gasteiger partial charge is 0.378 e. The van der Waals surface area contributed by atoms with E-state index in [1.54, 1.807) is 0 Å². The molecule has 18 heavy (non-hydrogen) atoms. The molecule has 0 aliphatic carbocycles. The Morgan fingerprint density at radius 2 is 1.83 bits per heavy atom. The molecule has 0 saturated carbocycles. The van der Waals surface area contributed by atoms with Crippen molar-refractivity contribution in [1.82, 2.24) is 10.2 Å². The molecule has 0 aromatic rings. The molecule has 2 saturated heterocycles. The first kappa shape index (κ1) is 14.3. The van der Waals surface area contributed by atoms with Gasteiger partial charge in [-0.25, -0.2) is 0 Å². The first-order valence-electron chi connectivity index (χ1n) is 8.00. The standard InChI is InChI=1S/C15H30N2O/c1-4-14-18-15(7-1)8-5-9-16-10-6-13-17-11-2-3-12-17/h15-16H,1-14H2. The van der Waals surface area contributed by atoms with E-state index in [2.05, 4.69) is 10.2 Å². The summed E-state index contributed by atoms with van der Waals surface area (Å²) in [7, 11) is 0. The molecule has 0 spiro atoms. The minimum absolute atomic E-state index is 0.560. The van der Waals surface area contributed by atoms with Crippen LogP contribution in [-0.4, -0.2) is 50.3 Å². The van der Waals surface area contributed by atoms with Crippen LogP contribution in [0.4, 0.5) is 0 Å². The predicted molar refractivity (Wildman–Crippen MR) is 76.0 cm³/mol. The van der Waals surface area contributed by atoms with Crippen LogP contribution < -0.4 is 5.32 Å². The average Bonchev–Trinajstić information content (AvgIpc) is 2.92. The number of nitrogens with zero attached hydrogens (tertiary/aromatic N) is 1. The molecule has 3 nitrogen and oxygen atoms in total. The normalized spacial score (nSPS) is 25.7. The number of hydrogen-bond acceptors (Lipinski definition) is 3. The zero-order valence-corrected chi connectivity index (χ0v) is 11.8. The molecule has 0 amide bonds. The zero-order valence-electron chi connectivity index (χ0n) is 11.8. The van der Waals surface area contributed by atoms with Crippen molar-refractivity contribution < 1.29 is 4.74 Å². The smallest absolute Gasteiger partial charge is 0.0575 e. The van der Waals surface area contributed by atoms with Gasteiger partial charge in [0.05, 0.1) is 6.10 Å². The maximum atomic E-state index is 5.74. The Balaban J connectivity index is 1.35. The molecule has 1 N–H and O–H groups in total. The van der Waals surface area contributed by atoms with E-state index in [4.69, 9.17) is 4.74 Å². The molecule has 2 heterocycles. The first-order valence-corrected chi connectivity index (χ1v) is 8.00. The van der Waals surface area contributed by atoms with Crippen molar-refractivity contribution in [3.8, 4) is 0 Å². The molecule has 2 rings (SSSR count). The summed E-state index contributed by atoms with van der Waals surface area (Å²) in [5.41, 5.74) is 0. The van der Waals surface area contributed by atoms with Gasteiger partial charge in [-0.05, 0) is 84.1 Å². The summed E-state index contributed by atoms with van der Waals surface area (Å²) in [4.78, 5) is 2.59. The highest BCUT2D eigenvalue weighted by Crippen LogP contribution is 2.16. The summed E-state index contributed by atoms with van der Waals surface area (Å²) in [6.07, 6.45) is 11.1. The molecule has 1 unspecified atom stereocenters. The maximum Gasteiger partial charge on any atom is 0.0575 e. The molecule has 0 aromatic heterocycles. The van der Waals surface area contributed by atoms with Crippen LogP contribution in [0.1, 0.15) is 51.4 Å². The van der Waals surface area contributed by atoms with Crippen LogP contribution in [-0.2, 0) is 4.74 Å². The fourth-order valence-corrected chi connectivity index (χ4v) is 3.05. The molecule has 106 valence electrons. The Kier molecular flexibility index (Phi) is 7.06. The lowest BCUT2D eigenvalue weighted by molar-refractivity contribution is 0.0102. The second kappa shape index (κ2) is 8.89. The van der Waals surface area contributed by atoms with E-state index < -0.39 is 0 Å². The molecule has 0 radical (unpaired) electrons. The number of nitrogens with one attached hydrogen (secondary N) is 1. The van der Waals surface area contributed by atoms with Gasteiger partial charge in [-0.1, -0.05) is 0 Å². The molecular formula is C15H30N2O. The second-order valence-electron chi connectivity index (χ2n) is 5.78. The van der Waals surface area contributed by atoms with Gasteiger partial charge in [0.1, 0.15) is 0 Å². The van der Waals surface area contributed by atoms with Crippen LogP contribution in [0.25, 0.3) is 0 Å². The predicted octanol–water partition coefficient (Wildman–Crippen LogP) is 2.41. The van der Waals surface area contributed by atoms with Gasteiger partial charge in [-0.2, -0.15) is 0 Å². The topological polar surface area (TPSA) is 24.5 Å². The number of likely N-dealkylation sites (tertiary alicyclic amines) is 1. The SMILES string of the molecule is C1CCC(CCCNCCCN2CCCC2)OC1. The van der Waals surface area contributed by atoms with E-state index in [9.17, 15) is 0 Å². The molecule has 0 bridgehead atoms. The molecule has 1 atom stereocenters. The van der Waals surface area contributed by atoms with Crippen LogP contribution in [0.2, 0.25) is 0 Å². The van der Waals surface area contributed by atoms with Gasteiger partial charge in [0.2, 0.25) is 0 Å². The lowest BCUT2D eigenvalue weighted by Gasteiger charge is -2.22. The van der Waals surface area contributed by atoms with Crippen LogP contribution >= 0.6 is 0 Å². The van der Waals surface area contributed by atoms with Crippen molar-refractivity contribution >= 4 is 0 Å². The molecule has 3 heteroatoms. The first-order chi connectivity index (χ1) is 8.95. The zero-order chi connectivity index (χ0) is 12.5. The van der Waals surface area contributed by atoms with Crippen LogP contribution in [0, 0.1) is 0 Å². The van der Waals surface area contributed by atoms with E-state index in [0.29, 0.717) is 6.10 Å². The Morgan fingerprint density at radius 1 is 1.00 bits per heavy atom. The maximum absolute atomic E-state index is 5.74. The number of hydrogen-bond donors (Lipinski definition) is 1. The third-order valence-corrected chi connectivity index (χ3v) is 4.18. The minimum atomic E-state index is 0.560. The van der Waals surface area contributed by atoms with Crippen molar-refractivity contribution in [2.24, 2.45) is 0 Å². The second-order valence-corrected chi connectivity index (χ2v) is 5.78. The van der Waals surface area contributed by atoms with E-state index in [1.165, 1.54) is 84.1 Å². The summed E-state index contributed by atoms with van der Waals surface area (Å²) < 4.78 is 5.74. The Hall–Kier alpha value is -0.120. The molecule has 2 fully saturated rings.